The number of halogens is 1. The molecule has 2 rings (SSSR count). The summed E-state index contributed by atoms with van der Waals surface area (Å²) in [4.78, 5) is 25.3. The zero-order valence-corrected chi connectivity index (χ0v) is 16.8. The van der Waals surface area contributed by atoms with Gasteiger partial charge in [-0.25, -0.2) is 0 Å². The highest BCUT2D eigenvalue weighted by Crippen LogP contribution is 2.34. The number of ether oxygens (including phenoxy) is 1. The third kappa shape index (κ3) is 4.41. The SMILES string of the molecule is CCCOc1ccc(C(=O)Nc2sc(C)c(CC)c2C(N)=O)cc1Br. The molecule has 3 N–H and O–H groups in total. The van der Waals surface area contributed by atoms with Gasteiger partial charge in [-0.2, -0.15) is 0 Å². The maximum absolute atomic E-state index is 12.6. The van der Waals surface area contributed by atoms with Crippen LogP contribution >= 0.6 is 27.3 Å². The average Bonchev–Trinajstić information content (AvgIpc) is 2.88. The van der Waals surface area contributed by atoms with Crippen LogP contribution in [0.3, 0.4) is 0 Å². The molecule has 0 unspecified atom stereocenters. The largest absolute Gasteiger partial charge is 0.492 e. The van der Waals surface area contributed by atoms with Gasteiger partial charge in [0, 0.05) is 10.4 Å². The number of benzene rings is 1. The molecule has 0 saturated heterocycles. The predicted molar refractivity (Wildman–Crippen MR) is 105 cm³/mol. The minimum Gasteiger partial charge on any atom is -0.492 e. The van der Waals surface area contributed by atoms with E-state index in [9.17, 15) is 9.59 Å². The summed E-state index contributed by atoms with van der Waals surface area (Å²) in [6, 6.07) is 5.14. The number of aryl methyl sites for hydroxylation is 1. The first kappa shape index (κ1) is 19.5. The number of thiophene rings is 1. The summed E-state index contributed by atoms with van der Waals surface area (Å²) in [6.07, 6.45) is 1.59. The van der Waals surface area contributed by atoms with Gasteiger partial charge < -0.3 is 15.8 Å². The molecule has 0 saturated carbocycles. The summed E-state index contributed by atoms with van der Waals surface area (Å²) in [5.41, 5.74) is 7.26. The number of carbonyl (C=O) groups excluding carboxylic acids is 2. The van der Waals surface area contributed by atoms with Crippen LogP contribution in [0.2, 0.25) is 0 Å². The normalized spacial score (nSPS) is 10.6. The van der Waals surface area contributed by atoms with Gasteiger partial charge in [-0.15, -0.1) is 11.3 Å². The van der Waals surface area contributed by atoms with E-state index in [0.29, 0.717) is 39.4 Å². The molecule has 2 aromatic rings. The lowest BCUT2D eigenvalue weighted by Gasteiger charge is -2.09. The number of nitrogens with one attached hydrogen (secondary N) is 1. The summed E-state index contributed by atoms with van der Waals surface area (Å²) in [6.45, 7) is 6.52. The number of carbonyl (C=O) groups is 2. The van der Waals surface area contributed by atoms with Gasteiger partial charge in [-0.1, -0.05) is 13.8 Å². The van der Waals surface area contributed by atoms with E-state index < -0.39 is 5.91 Å². The molecule has 134 valence electrons. The summed E-state index contributed by atoms with van der Waals surface area (Å²) >= 11 is 4.79. The number of anilines is 1. The Labute approximate surface area is 159 Å². The standard InChI is InChI=1S/C18H21BrN2O3S/c1-4-8-24-14-7-6-11(9-13(14)19)17(23)21-18-15(16(20)22)12(5-2)10(3)25-18/h6-7,9H,4-5,8H2,1-3H3,(H2,20,22)(H,21,23). The highest BCUT2D eigenvalue weighted by Gasteiger charge is 2.21. The summed E-state index contributed by atoms with van der Waals surface area (Å²) in [7, 11) is 0. The van der Waals surface area contributed by atoms with E-state index in [0.717, 1.165) is 16.9 Å². The predicted octanol–water partition coefficient (Wildman–Crippen LogP) is 4.52. The average molecular weight is 425 g/mol. The van der Waals surface area contributed by atoms with Gasteiger partial charge in [0.25, 0.3) is 11.8 Å². The monoisotopic (exact) mass is 424 g/mol. The molecule has 0 atom stereocenters. The van der Waals surface area contributed by atoms with Gasteiger partial charge in [0.05, 0.1) is 16.6 Å². The molecule has 25 heavy (non-hydrogen) atoms. The van der Waals surface area contributed by atoms with Crippen molar-refractivity contribution >= 4 is 44.1 Å². The van der Waals surface area contributed by atoms with Crippen LogP contribution in [0.15, 0.2) is 22.7 Å². The third-order valence-electron chi connectivity index (χ3n) is 3.69. The number of hydrogen-bond acceptors (Lipinski definition) is 4. The maximum Gasteiger partial charge on any atom is 0.256 e. The lowest BCUT2D eigenvalue weighted by Crippen LogP contribution is -2.18. The van der Waals surface area contributed by atoms with Crippen molar-refractivity contribution in [1.82, 2.24) is 0 Å². The van der Waals surface area contributed by atoms with E-state index in [1.165, 1.54) is 11.3 Å². The number of hydrogen-bond donors (Lipinski definition) is 2. The van der Waals surface area contributed by atoms with Gasteiger partial charge in [0.15, 0.2) is 0 Å². The molecule has 1 aromatic carbocycles. The minimum atomic E-state index is -0.527. The fourth-order valence-corrected chi connectivity index (χ4v) is 4.14. The molecule has 0 radical (unpaired) electrons. The van der Waals surface area contributed by atoms with Gasteiger partial charge in [-0.05, 0) is 59.5 Å². The van der Waals surface area contributed by atoms with E-state index in [1.54, 1.807) is 18.2 Å². The van der Waals surface area contributed by atoms with Crippen LogP contribution in [0.25, 0.3) is 0 Å². The zero-order chi connectivity index (χ0) is 18.6. The molecule has 5 nitrogen and oxygen atoms in total. The fourth-order valence-electron chi connectivity index (χ4n) is 2.50. The van der Waals surface area contributed by atoms with E-state index in [-0.39, 0.29) is 5.91 Å². The van der Waals surface area contributed by atoms with Crippen molar-refractivity contribution in [2.75, 3.05) is 11.9 Å². The van der Waals surface area contributed by atoms with Crippen LogP contribution in [0.1, 0.15) is 51.4 Å². The third-order valence-corrected chi connectivity index (χ3v) is 5.37. The Kier molecular flexibility index (Phi) is 6.61. The van der Waals surface area contributed by atoms with Crippen molar-refractivity contribution in [2.45, 2.75) is 33.6 Å². The van der Waals surface area contributed by atoms with Crippen LogP contribution in [-0.4, -0.2) is 18.4 Å². The molecule has 1 aromatic heterocycles. The topological polar surface area (TPSA) is 81.4 Å². The molecule has 0 spiro atoms. The van der Waals surface area contributed by atoms with Gasteiger partial charge in [-0.3, -0.25) is 9.59 Å². The van der Waals surface area contributed by atoms with Gasteiger partial charge in [0.1, 0.15) is 10.8 Å². The van der Waals surface area contributed by atoms with Crippen LogP contribution in [0, 0.1) is 6.92 Å². The van der Waals surface area contributed by atoms with E-state index >= 15 is 0 Å². The fraction of sp³-hybridized carbons (Fsp3) is 0.333. The lowest BCUT2D eigenvalue weighted by molar-refractivity contribution is 0.100. The van der Waals surface area contributed by atoms with Crippen LogP contribution < -0.4 is 15.8 Å². The number of rotatable bonds is 7. The van der Waals surface area contributed by atoms with E-state index in [4.69, 9.17) is 10.5 Å². The number of primary amides is 1. The van der Waals surface area contributed by atoms with Crippen molar-refractivity contribution in [1.29, 1.82) is 0 Å². The minimum absolute atomic E-state index is 0.297. The highest BCUT2D eigenvalue weighted by molar-refractivity contribution is 9.10. The second-order valence-corrected chi connectivity index (χ2v) is 7.59. The second-order valence-electron chi connectivity index (χ2n) is 5.51. The molecule has 0 aliphatic rings. The van der Waals surface area contributed by atoms with Crippen molar-refractivity contribution in [3.63, 3.8) is 0 Å². The van der Waals surface area contributed by atoms with Crippen LogP contribution in [0.5, 0.6) is 5.75 Å². The molecular weight excluding hydrogens is 404 g/mol. The Morgan fingerprint density at radius 3 is 2.60 bits per heavy atom. The quantitative estimate of drug-likeness (QED) is 0.684. The first-order valence-corrected chi connectivity index (χ1v) is 9.65. The molecule has 0 aliphatic heterocycles. The summed E-state index contributed by atoms with van der Waals surface area (Å²) < 4.78 is 6.29. The number of nitrogens with two attached hydrogens (primary N) is 1. The smallest absolute Gasteiger partial charge is 0.256 e. The molecule has 0 bridgehead atoms. The summed E-state index contributed by atoms with van der Waals surface area (Å²) in [5, 5.41) is 3.31. The Bertz CT molecular complexity index is 802. The van der Waals surface area contributed by atoms with Crippen LogP contribution in [0.4, 0.5) is 5.00 Å². The maximum atomic E-state index is 12.6. The van der Waals surface area contributed by atoms with Gasteiger partial charge in [0.2, 0.25) is 0 Å². The molecule has 0 fully saturated rings. The Morgan fingerprint density at radius 1 is 1.32 bits per heavy atom. The highest BCUT2D eigenvalue weighted by atomic mass is 79.9. The Morgan fingerprint density at radius 2 is 2.04 bits per heavy atom. The lowest BCUT2D eigenvalue weighted by atomic mass is 10.1. The van der Waals surface area contributed by atoms with Crippen molar-refractivity contribution < 1.29 is 14.3 Å². The molecular formula is C18H21BrN2O3S. The van der Waals surface area contributed by atoms with Gasteiger partial charge >= 0.3 is 0 Å². The zero-order valence-electron chi connectivity index (χ0n) is 14.4. The Balaban J connectivity index is 2.26. The number of amides is 2. The molecule has 0 aliphatic carbocycles. The second kappa shape index (κ2) is 8.49. The summed E-state index contributed by atoms with van der Waals surface area (Å²) in [5.74, 6) is -0.133. The molecule has 2 amide bonds. The van der Waals surface area contributed by atoms with Crippen molar-refractivity contribution in [3.05, 3.63) is 44.2 Å². The first-order chi connectivity index (χ1) is 11.9. The Hall–Kier alpha value is -1.86. The molecule has 7 heteroatoms. The van der Waals surface area contributed by atoms with E-state index in [2.05, 4.69) is 21.2 Å². The van der Waals surface area contributed by atoms with Crippen molar-refractivity contribution in [2.24, 2.45) is 5.73 Å². The van der Waals surface area contributed by atoms with E-state index in [1.807, 2.05) is 20.8 Å². The van der Waals surface area contributed by atoms with Crippen LogP contribution in [-0.2, 0) is 6.42 Å². The molecule has 1 heterocycles. The van der Waals surface area contributed by atoms with Crippen molar-refractivity contribution in [3.8, 4) is 5.75 Å². The first-order valence-electron chi connectivity index (χ1n) is 8.04.